The van der Waals surface area contributed by atoms with E-state index in [1.807, 2.05) is 57.8 Å². The molecule has 0 radical (unpaired) electrons. The number of amides is 1. The van der Waals surface area contributed by atoms with E-state index >= 15 is 0 Å². The summed E-state index contributed by atoms with van der Waals surface area (Å²) >= 11 is 1.55. The quantitative estimate of drug-likeness (QED) is 0.420. The highest BCUT2D eigenvalue weighted by Crippen LogP contribution is 2.32. The number of carbonyl (C=O) groups excluding carboxylic acids is 1. The summed E-state index contributed by atoms with van der Waals surface area (Å²) in [5.74, 6) is 1.01. The van der Waals surface area contributed by atoms with Crippen LogP contribution in [-0.4, -0.2) is 30.1 Å². The molecule has 31 heavy (non-hydrogen) atoms. The van der Waals surface area contributed by atoms with E-state index in [4.69, 9.17) is 5.10 Å². The van der Waals surface area contributed by atoms with E-state index < -0.39 is 0 Å². The topological polar surface area (TPSA) is 56.0 Å². The van der Waals surface area contributed by atoms with Gasteiger partial charge in [0.1, 0.15) is 5.82 Å². The molecule has 4 heterocycles. The smallest absolute Gasteiger partial charge is 0.254 e. The van der Waals surface area contributed by atoms with Crippen molar-refractivity contribution in [2.45, 2.75) is 20.0 Å². The summed E-state index contributed by atoms with van der Waals surface area (Å²) in [7, 11) is 0. The summed E-state index contributed by atoms with van der Waals surface area (Å²) in [5, 5.41) is 4.91. The van der Waals surface area contributed by atoms with Crippen molar-refractivity contribution in [3.05, 3.63) is 94.9 Å². The molecule has 0 atom stereocenters. The Labute approximate surface area is 183 Å². The van der Waals surface area contributed by atoms with Gasteiger partial charge >= 0.3 is 0 Å². The first-order valence-corrected chi connectivity index (χ1v) is 11.0. The molecule has 2 aromatic carbocycles. The van der Waals surface area contributed by atoms with Crippen molar-refractivity contribution in [1.82, 2.24) is 24.2 Å². The van der Waals surface area contributed by atoms with Gasteiger partial charge in [-0.2, -0.15) is 5.10 Å². The average molecular weight is 426 g/mol. The zero-order valence-corrected chi connectivity index (χ0v) is 17.7. The molecule has 0 saturated heterocycles. The monoisotopic (exact) mass is 425 g/mol. The van der Waals surface area contributed by atoms with Crippen LogP contribution in [0.4, 0.5) is 0 Å². The molecule has 1 aliphatic rings. The van der Waals surface area contributed by atoms with Crippen LogP contribution in [0.25, 0.3) is 21.7 Å². The Morgan fingerprint density at radius 3 is 2.65 bits per heavy atom. The number of fused-ring (bicyclic) bond motifs is 2. The summed E-state index contributed by atoms with van der Waals surface area (Å²) in [6.07, 6.45) is 4.04. The third-order valence-electron chi connectivity index (χ3n) is 5.72. The van der Waals surface area contributed by atoms with Crippen molar-refractivity contribution in [2.24, 2.45) is 0 Å². The molecule has 1 aliphatic heterocycles. The third-order valence-corrected chi connectivity index (χ3v) is 6.51. The lowest BCUT2D eigenvalue weighted by atomic mass is 10.2. The van der Waals surface area contributed by atoms with Crippen LogP contribution in [0, 0.1) is 6.92 Å². The Kier molecular flexibility index (Phi) is 4.04. The van der Waals surface area contributed by atoms with E-state index in [1.165, 1.54) is 5.56 Å². The van der Waals surface area contributed by atoms with E-state index in [0.29, 0.717) is 18.7 Å². The first-order chi connectivity index (χ1) is 15.2. The highest BCUT2D eigenvalue weighted by Gasteiger charge is 2.32. The SMILES string of the molecule is Cc1ccc(-n2nc3c(c2-n2cccc2)CN(C(=O)c2ccc4ncsc4c2)C3)cc1. The fourth-order valence-corrected chi connectivity index (χ4v) is 4.84. The molecule has 5 aromatic rings. The van der Waals surface area contributed by atoms with E-state index in [0.717, 1.165) is 33.0 Å². The van der Waals surface area contributed by atoms with Gasteiger partial charge in [0, 0.05) is 23.5 Å². The van der Waals surface area contributed by atoms with Crippen molar-refractivity contribution in [3.8, 4) is 11.5 Å². The van der Waals surface area contributed by atoms with Gasteiger partial charge < -0.3 is 9.47 Å². The van der Waals surface area contributed by atoms with Crippen molar-refractivity contribution >= 4 is 27.5 Å². The molecule has 0 fully saturated rings. The molecule has 7 heteroatoms. The number of rotatable bonds is 3. The minimum absolute atomic E-state index is 0.0219. The second-order valence-corrected chi connectivity index (χ2v) is 8.67. The molecule has 0 unspecified atom stereocenters. The first kappa shape index (κ1) is 18.1. The maximum Gasteiger partial charge on any atom is 0.254 e. The van der Waals surface area contributed by atoms with Crippen LogP contribution in [-0.2, 0) is 13.1 Å². The Hall–Kier alpha value is -3.71. The minimum Gasteiger partial charge on any atom is -0.328 e. The van der Waals surface area contributed by atoms with Crippen molar-refractivity contribution in [1.29, 1.82) is 0 Å². The molecule has 6 nitrogen and oxygen atoms in total. The largest absolute Gasteiger partial charge is 0.328 e. The number of nitrogens with zero attached hydrogens (tertiary/aromatic N) is 5. The summed E-state index contributed by atoms with van der Waals surface area (Å²) < 4.78 is 5.08. The van der Waals surface area contributed by atoms with Gasteiger partial charge in [0.25, 0.3) is 5.91 Å². The summed E-state index contributed by atoms with van der Waals surface area (Å²) in [6.45, 7) is 3.11. The molecule has 0 aliphatic carbocycles. The molecule has 0 saturated carbocycles. The van der Waals surface area contributed by atoms with E-state index in [9.17, 15) is 4.79 Å². The number of aryl methyl sites for hydroxylation is 1. The highest BCUT2D eigenvalue weighted by atomic mass is 32.1. The van der Waals surface area contributed by atoms with Crippen LogP contribution in [0.2, 0.25) is 0 Å². The van der Waals surface area contributed by atoms with Crippen LogP contribution in [0.5, 0.6) is 0 Å². The van der Waals surface area contributed by atoms with Crippen LogP contribution >= 0.6 is 11.3 Å². The zero-order valence-electron chi connectivity index (χ0n) is 16.9. The van der Waals surface area contributed by atoms with Crippen LogP contribution in [0.1, 0.15) is 27.2 Å². The van der Waals surface area contributed by atoms with Crippen molar-refractivity contribution in [2.75, 3.05) is 0 Å². The second-order valence-electron chi connectivity index (χ2n) is 7.78. The maximum atomic E-state index is 13.2. The van der Waals surface area contributed by atoms with Crippen LogP contribution < -0.4 is 0 Å². The maximum absolute atomic E-state index is 13.2. The summed E-state index contributed by atoms with van der Waals surface area (Å²) in [5.41, 5.74) is 7.67. The van der Waals surface area contributed by atoms with E-state index in [2.05, 4.69) is 40.7 Å². The highest BCUT2D eigenvalue weighted by molar-refractivity contribution is 7.16. The Balaban J connectivity index is 1.38. The fourth-order valence-electron chi connectivity index (χ4n) is 4.12. The van der Waals surface area contributed by atoms with Gasteiger partial charge in [-0.3, -0.25) is 4.79 Å². The molecule has 6 rings (SSSR count). The Bertz CT molecular complexity index is 1410. The van der Waals surface area contributed by atoms with E-state index in [1.54, 1.807) is 11.3 Å². The molecule has 152 valence electrons. The Morgan fingerprint density at radius 2 is 1.84 bits per heavy atom. The van der Waals surface area contributed by atoms with Gasteiger partial charge in [-0.15, -0.1) is 11.3 Å². The predicted molar refractivity (Wildman–Crippen MR) is 121 cm³/mol. The van der Waals surface area contributed by atoms with Crippen LogP contribution in [0.3, 0.4) is 0 Å². The number of carbonyl (C=O) groups is 1. The van der Waals surface area contributed by atoms with Gasteiger partial charge in [0.2, 0.25) is 0 Å². The second kappa shape index (κ2) is 6.92. The lowest BCUT2D eigenvalue weighted by Gasteiger charge is -2.17. The standard InChI is InChI=1S/C24H19N5OS/c1-16-4-7-18(8-5-16)29-23(27-10-2-3-11-27)19-13-28(14-21(19)26-29)24(30)17-6-9-20-22(12-17)31-15-25-20/h2-12,15H,13-14H2,1H3. The first-order valence-electron chi connectivity index (χ1n) is 10.1. The summed E-state index contributed by atoms with van der Waals surface area (Å²) in [6, 6.07) is 18.1. The molecular weight excluding hydrogens is 406 g/mol. The lowest BCUT2D eigenvalue weighted by molar-refractivity contribution is 0.0749. The third kappa shape index (κ3) is 2.97. The number of hydrogen-bond donors (Lipinski definition) is 0. The predicted octanol–water partition coefficient (Wildman–Crippen LogP) is 4.74. The fraction of sp³-hybridized carbons (Fsp3) is 0.125. The molecule has 0 spiro atoms. The van der Waals surface area contributed by atoms with Crippen molar-refractivity contribution in [3.63, 3.8) is 0 Å². The number of aromatic nitrogens is 4. The number of benzene rings is 2. The number of thiazole rings is 1. The van der Waals surface area contributed by atoms with Gasteiger partial charge in [-0.1, -0.05) is 17.7 Å². The molecule has 0 N–H and O–H groups in total. The lowest BCUT2D eigenvalue weighted by Crippen LogP contribution is -2.26. The van der Waals surface area contributed by atoms with E-state index in [-0.39, 0.29) is 5.91 Å². The molecule has 0 bridgehead atoms. The molecule has 1 amide bonds. The zero-order chi connectivity index (χ0) is 20.9. The average Bonchev–Trinajstić information content (AvgIpc) is 3.56. The number of hydrogen-bond acceptors (Lipinski definition) is 4. The van der Waals surface area contributed by atoms with Gasteiger partial charge in [-0.25, -0.2) is 9.67 Å². The van der Waals surface area contributed by atoms with Gasteiger partial charge in [0.15, 0.2) is 0 Å². The van der Waals surface area contributed by atoms with Crippen LogP contribution in [0.15, 0.2) is 72.5 Å². The van der Waals surface area contributed by atoms with Gasteiger partial charge in [0.05, 0.1) is 40.2 Å². The normalized spacial score (nSPS) is 13.1. The molecular formula is C24H19N5OS. The molecule has 3 aromatic heterocycles. The summed E-state index contributed by atoms with van der Waals surface area (Å²) in [4.78, 5) is 19.4. The Morgan fingerprint density at radius 1 is 1.03 bits per heavy atom. The minimum atomic E-state index is 0.0219. The van der Waals surface area contributed by atoms with Crippen molar-refractivity contribution < 1.29 is 4.79 Å². The van der Waals surface area contributed by atoms with Gasteiger partial charge in [-0.05, 0) is 49.4 Å².